The smallest absolute Gasteiger partial charge is 0.232 e. The van der Waals surface area contributed by atoms with Crippen LogP contribution in [0.4, 0.5) is 4.39 Å². The Morgan fingerprint density at radius 1 is 1.28 bits per heavy atom. The molecule has 1 saturated heterocycles. The van der Waals surface area contributed by atoms with E-state index in [4.69, 9.17) is 4.74 Å². The number of carbonyl (C=O) groups is 1. The number of aromatic nitrogens is 2. The van der Waals surface area contributed by atoms with Crippen molar-refractivity contribution in [2.24, 2.45) is 0 Å². The molecule has 1 fully saturated rings. The molecular weight excluding hydrogens is 341 g/mol. The van der Waals surface area contributed by atoms with E-state index in [9.17, 15) is 9.18 Å². The Morgan fingerprint density at radius 3 is 2.68 bits per heavy atom. The number of ether oxygens (including phenoxy) is 1. The molecule has 0 unspecified atom stereocenters. The van der Waals surface area contributed by atoms with Crippen molar-refractivity contribution >= 4 is 17.7 Å². The van der Waals surface area contributed by atoms with Gasteiger partial charge in [0.15, 0.2) is 0 Å². The van der Waals surface area contributed by atoms with Gasteiger partial charge in [0.25, 0.3) is 0 Å². The van der Waals surface area contributed by atoms with Crippen molar-refractivity contribution in [2.45, 2.75) is 30.8 Å². The van der Waals surface area contributed by atoms with Crippen LogP contribution in [0.1, 0.15) is 18.7 Å². The van der Waals surface area contributed by atoms with Crippen LogP contribution in [-0.2, 0) is 4.79 Å². The van der Waals surface area contributed by atoms with Crippen molar-refractivity contribution in [1.29, 1.82) is 0 Å². The van der Waals surface area contributed by atoms with Gasteiger partial charge in [-0.3, -0.25) is 4.79 Å². The van der Waals surface area contributed by atoms with E-state index in [2.05, 4.69) is 9.97 Å². The molecule has 1 aliphatic heterocycles. The molecule has 1 aliphatic rings. The third kappa shape index (κ3) is 5.16. The minimum Gasteiger partial charge on any atom is -0.474 e. The summed E-state index contributed by atoms with van der Waals surface area (Å²) in [4.78, 5) is 23.4. The monoisotopic (exact) mass is 361 g/mol. The topological polar surface area (TPSA) is 55.3 Å². The number of rotatable bonds is 5. The lowest BCUT2D eigenvalue weighted by Crippen LogP contribution is -2.42. The van der Waals surface area contributed by atoms with E-state index in [1.807, 2.05) is 11.8 Å². The first-order chi connectivity index (χ1) is 12.1. The number of hydrogen-bond acceptors (Lipinski definition) is 5. The summed E-state index contributed by atoms with van der Waals surface area (Å²) in [5.41, 5.74) is 0. The number of hydrogen-bond donors (Lipinski definition) is 0. The number of thioether (sulfide) groups is 1. The van der Waals surface area contributed by atoms with Gasteiger partial charge < -0.3 is 9.64 Å². The number of nitrogens with zero attached hydrogens (tertiary/aromatic N) is 3. The molecule has 0 N–H and O–H groups in total. The van der Waals surface area contributed by atoms with E-state index in [0.717, 1.165) is 17.7 Å². The molecule has 0 atom stereocenters. The SMILES string of the molecule is Cc1nccc(OC2CCN(C(=O)CSc3ccc(F)cc3)CC2)n1. The predicted octanol–water partition coefficient (Wildman–Crippen LogP) is 3.09. The van der Waals surface area contributed by atoms with Gasteiger partial charge in [0, 0.05) is 43.1 Å². The lowest BCUT2D eigenvalue weighted by molar-refractivity contribution is -0.130. The van der Waals surface area contributed by atoms with Gasteiger partial charge in [-0.25, -0.2) is 9.37 Å². The van der Waals surface area contributed by atoms with Gasteiger partial charge in [-0.1, -0.05) is 0 Å². The molecule has 0 radical (unpaired) electrons. The minimum absolute atomic E-state index is 0.0723. The van der Waals surface area contributed by atoms with Crippen molar-refractivity contribution in [3.63, 3.8) is 0 Å². The van der Waals surface area contributed by atoms with Gasteiger partial charge in [0.05, 0.1) is 5.75 Å². The Bertz CT molecular complexity index is 719. The molecule has 1 aromatic heterocycles. The summed E-state index contributed by atoms with van der Waals surface area (Å²) in [5, 5.41) is 0. The zero-order valence-electron chi connectivity index (χ0n) is 14.0. The maximum absolute atomic E-state index is 12.9. The Hall–Kier alpha value is -2.15. The lowest BCUT2D eigenvalue weighted by atomic mass is 10.1. The maximum atomic E-state index is 12.9. The molecule has 0 aliphatic carbocycles. The first kappa shape index (κ1) is 17.7. The third-order valence-corrected chi connectivity index (χ3v) is 5.01. The second-order valence-electron chi connectivity index (χ2n) is 5.88. The summed E-state index contributed by atoms with van der Waals surface area (Å²) in [7, 11) is 0. The standard InChI is InChI=1S/C18H20FN3O2S/c1-13-20-9-6-17(21-13)24-15-7-10-22(11-8-15)18(23)12-25-16-4-2-14(19)3-5-16/h2-6,9,15H,7-8,10-12H2,1H3. The average molecular weight is 361 g/mol. The summed E-state index contributed by atoms with van der Waals surface area (Å²) in [6, 6.07) is 7.95. The predicted molar refractivity (Wildman–Crippen MR) is 94.1 cm³/mol. The van der Waals surface area contributed by atoms with Crippen LogP contribution in [0, 0.1) is 12.7 Å². The lowest BCUT2D eigenvalue weighted by Gasteiger charge is -2.32. The summed E-state index contributed by atoms with van der Waals surface area (Å²) < 4.78 is 18.8. The highest BCUT2D eigenvalue weighted by Crippen LogP contribution is 2.21. The second kappa shape index (κ2) is 8.29. The first-order valence-electron chi connectivity index (χ1n) is 8.22. The van der Waals surface area contributed by atoms with Crippen LogP contribution >= 0.6 is 11.8 Å². The van der Waals surface area contributed by atoms with Gasteiger partial charge in [0.2, 0.25) is 11.8 Å². The van der Waals surface area contributed by atoms with E-state index < -0.39 is 0 Å². The van der Waals surface area contributed by atoms with Crippen LogP contribution in [0.15, 0.2) is 41.4 Å². The molecule has 2 heterocycles. The Balaban J connectivity index is 1.43. The highest BCUT2D eigenvalue weighted by atomic mass is 32.2. The molecular formula is C18H20FN3O2S. The fourth-order valence-electron chi connectivity index (χ4n) is 2.66. The molecule has 1 aromatic carbocycles. The third-order valence-electron chi connectivity index (χ3n) is 4.01. The fraction of sp³-hybridized carbons (Fsp3) is 0.389. The highest BCUT2D eigenvalue weighted by Gasteiger charge is 2.24. The van der Waals surface area contributed by atoms with Crippen LogP contribution in [0.25, 0.3) is 0 Å². The van der Waals surface area contributed by atoms with E-state index in [1.165, 1.54) is 23.9 Å². The number of benzene rings is 1. The molecule has 0 bridgehead atoms. The summed E-state index contributed by atoms with van der Waals surface area (Å²) in [6.45, 7) is 3.18. The van der Waals surface area contributed by atoms with Crippen LogP contribution < -0.4 is 4.74 Å². The Labute approximate surface area is 150 Å². The molecule has 0 spiro atoms. The normalized spacial score (nSPS) is 15.2. The Kier molecular flexibility index (Phi) is 5.86. The van der Waals surface area contributed by atoms with Crippen LogP contribution in [0.5, 0.6) is 5.88 Å². The van der Waals surface area contributed by atoms with Gasteiger partial charge >= 0.3 is 0 Å². The fourth-order valence-corrected chi connectivity index (χ4v) is 3.46. The number of aryl methyl sites for hydroxylation is 1. The average Bonchev–Trinajstić information content (AvgIpc) is 2.62. The van der Waals surface area contributed by atoms with Crippen molar-refractivity contribution in [2.75, 3.05) is 18.8 Å². The minimum atomic E-state index is -0.267. The Morgan fingerprint density at radius 2 is 2.00 bits per heavy atom. The number of likely N-dealkylation sites (tertiary alicyclic amines) is 1. The van der Waals surface area contributed by atoms with Crippen molar-refractivity contribution in [1.82, 2.24) is 14.9 Å². The summed E-state index contributed by atoms with van der Waals surface area (Å²) in [5.74, 6) is 1.47. The van der Waals surface area contributed by atoms with E-state index >= 15 is 0 Å². The molecule has 132 valence electrons. The van der Waals surface area contributed by atoms with Crippen molar-refractivity contribution < 1.29 is 13.9 Å². The summed E-state index contributed by atoms with van der Waals surface area (Å²) in [6.07, 6.45) is 3.33. The van der Waals surface area contributed by atoms with Crippen LogP contribution in [-0.4, -0.2) is 45.7 Å². The van der Waals surface area contributed by atoms with Gasteiger partial charge in [0.1, 0.15) is 17.7 Å². The number of piperidine rings is 1. The summed E-state index contributed by atoms with van der Waals surface area (Å²) >= 11 is 1.43. The number of halogens is 1. The van der Waals surface area contributed by atoms with Crippen LogP contribution in [0.2, 0.25) is 0 Å². The molecule has 7 heteroatoms. The zero-order chi connectivity index (χ0) is 17.6. The van der Waals surface area contributed by atoms with E-state index in [-0.39, 0.29) is 17.8 Å². The molecule has 5 nitrogen and oxygen atoms in total. The van der Waals surface area contributed by atoms with Crippen molar-refractivity contribution in [3.8, 4) is 5.88 Å². The molecule has 2 aromatic rings. The quantitative estimate of drug-likeness (QED) is 0.766. The number of carbonyl (C=O) groups excluding carboxylic acids is 1. The van der Waals surface area contributed by atoms with Crippen LogP contribution in [0.3, 0.4) is 0 Å². The molecule has 25 heavy (non-hydrogen) atoms. The van der Waals surface area contributed by atoms with Gasteiger partial charge in [-0.05, 0) is 31.2 Å². The van der Waals surface area contributed by atoms with Crippen molar-refractivity contribution in [3.05, 3.63) is 48.2 Å². The number of amides is 1. The second-order valence-corrected chi connectivity index (χ2v) is 6.93. The molecule has 0 saturated carbocycles. The van der Waals surface area contributed by atoms with E-state index in [1.54, 1.807) is 24.4 Å². The first-order valence-corrected chi connectivity index (χ1v) is 9.21. The zero-order valence-corrected chi connectivity index (χ0v) is 14.8. The van der Waals surface area contributed by atoms with Gasteiger partial charge in [-0.2, -0.15) is 4.98 Å². The largest absolute Gasteiger partial charge is 0.474 e. The highest BCUT2D eigenvalue weighted by molar-refractivity contribution is 8.00. The molecule has 1 amide bonds. The molecule has 3 rings (SSSR count). The van der Waals surface area contributed by atoms with E-state index in [0.29, 0.717) is 30.5 Å². The van der Waals surface area contributed by atoms with Gasteiger partial charge in [-0.15, -0.1) is 11.8 Å². The maximum Gasteiger partial charge on any atom is 0.232 e.